The van der Waals surface area contributed by atoms with Gasteiger partial charge in [-0.3, -0.25) is 9.59 Å². The standard InChI is InChI=1S/C24H41N5O3S3/c1-17(34-35-21-12-6-9-14-26-21)23(31)27-15-8-3-2-7-13-25-20(30)11-5-4-10-19-22-18(16-33-19)28-24(32)29-22/h18-19,21-22,26H,1-16H2,(H,25,30)(H,27,31)(H2,28,29,32). The molecule has 3 saturated heterocycles. The maximum atomic E-state index is 12.1. The van der Waals surface area contributed by atoms with Crippen molar-refractivity contribution < 1.29 is 14.4 Å². The van der Waals surface area contributed by atoms with Crippen molar-refractivity contribution >= 4 is 51.2 Å². The van der Waals surface area contributed by atoms with Gasteiger partial charge in [-0.05, 0) is 51.5 Å². The van der Waals surface area contributed by atoms with Crippen LogP contribution in [0.3, 0.4) is 0 Å². The molecule has 0 aromatic rings. The summed E-state index contributed by atoms with van der Waals surface area (Å²) in [5, 5.41) is 16.3. The van der Waals surface area contributed by atoms with Gasteiger partial charge in [0.1, 0.15) is 0 Å². The van der Waals surface area contributed by atoms with Gasteiger partial charge in [-0.25, -0.2) is 4.79 Å². The molecule has 0 radical (unpaired) electrons. The van der Waals surface area contributed by atoms with Gasteiger partial charge in [-0.2, -0.15) is 11.8 Å². The molecule has 4 atom stereocenters. The Morgan fingerprint density at radius 1 is 1.03 bits per heavy atom. The number of nitrogens with one attached hydrogen (secondary N) is 5. The van der Waals surface area contributed by atoms with E-state index in [1.807, 2.05) is 11.8 Å². The van der Waals surface area contributed by atoms with Gasteiger partial charge in [0.15, 0.2) is 0 Å². The molecule has 8 nitrogen and oxygen atoms in total. The van der Waals surface area contributed by atoms with Gasteiger partial charge in [-0.15, -0.1) is 0 Å². The summed E-state index contributed by atoms with van der Waals surface area (Å²) in [5.41, 5.74) is 0. The molecule has 3 aliphatic heterocycles. The molecule has 3 heterocycles. The Balaban J connectivity index is 1.09. The summed E-state index contributed by atoms with van der Waals surface area (Å²) in [7, 11) is 3.17. The van der Waals surface area contributed by atoms with Gasteiger partial charge in [0.2, 0.25) is 5.91 Å². The minimum Gasteiger partial charge on any atom is -0.356 e. The van der Waals surface area contributed by atoms with E-state index in [2.05, 4.69) is 33.2 Å². The molecule has 0 spiro atoms. The normalized spacial score (nSPS) is 25.4. The van der Waals surface area contributed by atoms with Crippen molar-refractivity contribution in [2.24, 2.45) is 0 Å². The Morgan fingerprint density at radius 2 is 1.83 bits per heavy atom. The Morgan fingerprint density at radius 3 is 2.60 bits per heavy atom. The van der Waals surface area contributed by atoms with Crippen molar-refractivity contribution in [3.63, 3.8) is 0 Å². The molecule has 4 amide bonds. The number of amides is 4. The molecule has 5 N–H and O–H groups in total. The summed E-state index contributed by atoms with van der Waals surface area (Å²) >= 11 is 1.92. The second-order valence-electron chi connectivity index (χ2n) is 9.43. The van der Waals surface area contributed by atoms with Crippen LogP contribution < -0.4 is 26.6 Å². The SMILES string of the molecule is C=C(SSC1CCCCN1)C(=O)NCCCCCCNC(=O)CCCCC1SCC2NC(=O)NC21. The molecule has 0 aliphatic carbocycles. The number of fused-ring (bicyclic) bond motifs is 1. The maximum Gasteiger partial charge on any atom is 0.315 e. The van der Waals surface area contributed by atoms with Crippen molar-refractivity contribution in [1.29, 1.82) is 0 Å². The average Bonchev–Trinajstić information content (AvgIpc) is 3.41. The fourth-order valence-corrected chi connectivity index (χ4v) is 8.34. The van der Waals surface area contributed by atoms with Crippen LogP contribution in [0, 0.1) is 0 Å². The lowest BCUT2D eigenvalue weighted by Crippen LogP contribution is -2.36. The first kappa shape index (κ1) is 28.5. The third kappa shape index (κ3) is 10.5. The minimum atomic E-state index is -0.0680. The third-order valence-corrected chi connectivity index (χ3v) is 10.8. The molecule has 3 fully saturated rings. The van der Waals surface area contributed by atoms with Crippen LogP contribution in [-0.2, 0) is 9.59 Å². The van der Waals surface area contributed by atoms with Crippen LogP contribution in [0.1, 0.15) is 70.6 Å². The fourth-order valence-electron chi connectivity index (χ4n) is 4.55. The molecule has 0 aromatic carbocycles. The van der Waals surface area contributed by atoms with Crippen LogP contribution in [0.15, 0.2) is 11.5 Å². The van der Waals surface area contributed by atoms with Crippen LogP contribution in [0.5, 0.6) is 0 Å². The van der Waals surface area contributed by atoms with E-state index in [4.69, 9.17) is 0 Å². The number of hydrogen-bond acceptors (Lipinski definition) is 7. The number of carbonyl (C=O) groups is 3. The monoisotopic (exact) mass is 543 g/mol. The predicted molar refractivity (Wildman–Crippen MR) is 148 cm³/mol. The lowest BCUT2D eigenvalue weighted by molar-refractivity contribution is -0.121. The Hall–Kier alpha value is -1.04. The number of thioether (sulfide) groups is 1. The van der Waals surface area contributed by atoms with E-state index in [1.165, 1.54) is 23.6 Å². The van der Waals surface area contributed by atoms with E-state index >= 15 is 0 Å². The van der Waals surface area contributed by atoms with Gasteiger partial charge >= 0.3 is 6.03 Å². The molecule has 11 heteroatoms. The zero-order valence-corrected chi connectivity index (χ0v) is 23.0. The van der Waals surface area contributed by atoms with Gasteiger partial charge in [0, 0.05) is 30.5 Å². The summed E-state index contributed by atoms with van der Waals surface area (Å²) in [6, 6.07) is 0.468. The van der Waals surface area contributed by atoms with Gasteiger partial charge in [-0.1, -0.05) is 47.4 Å². The molecular weight excluding hydrogens is 502 g/mol. The highest BCUT2D eigenvalue weighted by molar-refractivity contribution is 8.78. The van der Waals surface area contributed by atoms with Crippen molar-refractivity contribution in [2.45, 2.75) is 93.3 Å². The largest absolute Gasteiger partial charge is 0.356 e. The number of hydrogen-bond donors (Lipinski definition) is 5. The molecule has 0 bridgehead atoms. The van der Waals surface area contributed by atoms with Gasteiger partial charge < -0.3 is 26.6 Å². The van der Waals surface area contributed by atoms with Crippen LogP contribution in [0.4, 0.5) is 4.79 Å². The van der Waals surface area contributed by atoms with E-state index in [0.29, 0.717) is 35.0 Å². The number of carbonyl (C=O) groups excluding carboxylic acids is 3. The number of urea groups is 1. The van der Waals surface area contributed by atoms with Crippen LogP contribution in [-0.4, -0.2) is 65.9 Å². The second kappa shape index (κ2) is 15.9. The quantitative estimate of drug-likeness (QED) is 0.0877. The molecule has 35 heavy (non-hydrogen) atoms. The highest BCUT2D eigenvalue weighted by atomic mass is 33.1. The van der Waals surface area contributed by atoms with Crippen LogP contribution in [0.25, 0.3) is 0 Å². The van der Waals surface area contributed by atoms with E-state index in [9.17, 15) is 14.4 Å². The summed E-state index contributed by atoms with van der Waals surface area (Å²) in [6.07, 6.45) is 11.1. The molecule has 3 aliphatic rings. The highest BCUT2D eigenvalue weighted by Gasteiger charge is 2.42. The molecule has 198 valence electrons. The average molecular weight is 544 g/mol. The van der Waals surface area contributed by atoms with E-state index < -0.39 is 0 Å². The second-order valence-corrected chi connectivity index (χ2v) is 13.2. The summed E-state index contributed by atoms with van der Waals surface area (Å²) < 4.78 is 0. The summed E-state index contributed by atoms with van der Waals surface area (Å²) in [6.45, 7) is 6.34. The van der Waals surface area contributed by atoms with Crippen molar-refractivity contribution in [3.8, 4) is 0 Å². The fraction of sp³-hybridized carbons (Fsp3) is 0.792. The smallest absolute Gasteiger partial charge is 0.315 e. The van der Waals surface area contributed by atoms with Gasteiger partial charge in [0.05, 0.1) is 22.4 Å². The topological polar surface area (TPSA) is 111 Å². The lowest BCUT2D eigenvalue weighted by Gasteiger charge is -2.22. The first-order chi connectivity index (χ1) is 17.0. The van der Waals surface area contributed by atoms with Crippen molar-refractivity contribution in [3.05, 3.63) is 11.5 Å². The number of piperidine rings is 1. The first-order valence-corrected chi connectivity index (χ1v) is 16.3. The van der Waals surface area contributed by atoms with E-state index in [-0.39, 0.29) is 29.9 Å². The summed E-state index contributed by atoms with van der Waals surface area (Å²) in [4.78, 5) is 36.2. The van der Waals surface area contributed by atoms with Crippen LogP contribution in [0.2, 0.25) is 0 Å². The summed E-state index contributed by atoms with van der Waals surface area (Å²) in [5.74, 6) is 1.04. The van der Waals surface area contributed by atoms with E-state index in [1.54, 1.807) is 10.8 Å². The molecular formula is C24H41N5O3S3. The van der Waals surface area contributed by atoms with Gasteiger partial charge in [0.25, 0.3) is 5.91 Å². The first-order valence-electron chi connectivity index (χ1n) is 13.0. The number of unbranched alkanes of at least 4 members (excludes halogenated alkanes) is 4. The Bertz CT molecular complexity index is 721. The third-order valence-electron chi connectivity index (χ3n) is 6.58. The van der Waals surface area contributed by atoms with Crippen molar-refractivity contribution in [1.82, 2.24) is 26.6 Å². The molecule has 3 rings (SSSR count). The zero-order chi connectivity index (χ0) is 24.9. The lowest BCUT2D eigenvalue weighted by atomic mass is 10.0. The highest BCUT2D eigenvalue weighted by Crippen LogP contribution is 2.35. The molecule has 0 aromatic heterocycles. The molecule has 0 saturated carbocycles. The Kier molecular flexibility index (Phi) is 13.0. The Labute approximate surface area is 221 Å². The zero-order valence-electron chi connectivity index (χ0n) is 20.6. The maximum absolute atomic E-state index is 12.1. The number of rotatable bonds is 16. The minimum absolute atomic E-state index is 0.0448. The van der Waals surface area contributed by atoms with E-state index in [0.717, 1.165) is 63.7 Å². The molecule has 4 unspecified atom stereocenters. The van der Waals surface area contributed by atoms with Crippen LogP contribution >= 0.6 is 33.3 Å². The van der Waals surface area contributed by atoms with Crippen molar-refractivity contribution in [2.75, 3.05) is 25.4 Å². The predicted octanol–water partition coefficient (Wildman–Crippen LogP) is 3.50.